The van der Waals surface area contributed by atoms with Crippen LogP contribution in [0.2, 0.25) is 0 Å². The maximum absolute atomic E-state index is 12.9. The smallest absolute Gasteiger partial charge is 0.408 e. The van der Waals surface area contributed by atoms with Crippen LogP contribution in [0.3, 0.4) is 0 Å². The average molecular weight is 734 g/mol. The number of hydrogen-bond acceptors (Lipinski definition) is 8. The molecule has 0 radical (unpaired) electrons. The van der Waals surface area contributed by atoms with E-state index in [1.54, 1.807) is 52.7 Å². The van der Waals surface area contributed by atoms with E-state index >= 15 is 0 Å². The third kappa shape index (κ3) is 6.27. The van der Waals surface area contributed by atoms with E-state index in [2.05, 4.69) is 59.5 Å². The highest BCUT2D eigenvalue weighted by atomic mass is 16.4. The number of aryl methyl sites for hydroxylation is 2. The van der Waals surface area contributed by atoms with Gasteiger partial charge in [-0.3, -0.25) is 43.4 Å². The Labute approximate surface area is 313 Å². The van der Waals surface area contributed by atoms with Gasteiger partial charge in [0.15, 0.2) is 5.58 Å². The van der Waals surface area contributed by atoms with Crippen LogP contribution < -0.4 is 22.1 Å². The predicted octanol–water partition coefficient (Wildman–Crippen LogP) is 4.94. The molecular weight excluding hydrogens is 699 g/mol. The Kier molecular flexibility index (Phi) is 8.73. The minimum Gasteiger partial charge on any atom is -0.408 e. The second-order valence-electron chi connectivity index (χ2n) is 13.9. The Hall–Kier alpha value is -7.07. The van der Waals surface area contributed by atoms with Crippen molar-refractivity contribution >= 4 is 50.6 Å². The molecule has 1 unspecified atom stereocenters. The van der Waals surface area contributed by atoms with Gasteiger partial charge in [0.05, 0.1) is 28.8 Å². The standard InChI is InChI=1S/C42H35N7O6/c1-23(2)29-18-27(20-35-38(29)48(4)41(53)47(35)3)28-9-5-8-25-19-32(45-22-30(25)28)26-11-12-31(44-21-26)39(51)43-16-6-7-24-10-14-36-34(17-24)49(42(54)55-36)33-13-15-37(50)46-40(33)52/h5,8-12,14,17-23,33H,13,15-16H2,1-4H3,(H,43,51)(H,46,50,52). The molecule has 0 saturated carbocycles. The van der Waals surface area contributed by atoms with E-state index in [9.17, 15) is 24.0 Å². The van der Waals surface area contributed by atoms with Gasteiger partial charge in [0.25, 0.3) is 5.91 Å². The largest absolute Gasteiger partial charge is 0.420 e. The minimum atomic E-state index is -0.864. The lowest BCUT2D eigenvalue weighted by Crippen LogP contribution is -2.43. The van der Waals surface area contributed by atoms with Gasteiger partial charge in [-0.25, -0.2) is 9.59 Å². The van der Waals surface area contributed by atoms with Crippen molar-refractivity contribution < 1.29 is 18.8 Å². The molecule has 7 aromatic rings. The highest BCUT2D eigenvalue weighted by molar-refractivity contribution is 6.01. The molecule has 2 N–H and O–H groups in total. The van der Waals surface area contributed by atoms with Gasteiger partial charge >= 0.3 is 11.4 Å². The van der Waals surface area contributed by atoms with E-state index in [0.717, 1.165) is 44.1 Å². The normalized spacial score (nSPS) is 14.4. The van der Waals surface area contributed by atoms with E-state index in [0.29, 0.717) is 22.4 Å². The van der Waals surface area contributed by atoms with Crippen LogP contribution in [0.15, 0.2) is 93.1 Å². The molecule has 0 bridgehead atoms. The zero-order chi connectivity index (χ0) is 38.5. The number of hydrogen-bond donors (Lipinski definition) is 2. The second-order valence-corrected chi connectivity index (χ2v) is 13.9. The number of pyridine rings is 2. The van der Waals surface area contributed by atoms with Crippen LogP contribution in [0, 0.1) is 11.8 Å². The number of carbonyl (C=O) groups excluding carboxylic acids is 3. The third-order valence-electron chi connectivity index (χ3n) is 10.1. The minimum absolute atomic E-state index is 0.0341. The van der Waals surface area contributed by atoms with Crippen molar-refractivity contribution in [3.63, 3.8) is 0 Å². The van der Waals surface area contributed by atoms with Crippen molar-refractivity contribution in [3.8, 4) is 34.2 Å². The Morgan fingerprint density at radius 1 is 0.945 bits per heavy atom. The van der Waals surface area contributed by atoms with E-state index in [-0.39, 0.29) is 42.6 Å². The highest BCUT2D eigenvalue weighted by Crippen LogP contribution is 2.35. The number of benzene rings is 3. The van der Waals surface area contributed by atoms with E-state index in [1.807, 2.05) is 31.4 Å². The maximum atomic E-state index is 12.9. The highest BCUT2D eigenvalue weighted by Gasteiger charge is 2.31. The first-order chi connectivity index (χ1) is 26.5. The summed E-state index contributed by atoms with van der Waals surface area (Å²) in [4.78, 5) is 71.5. The van der Waals surface area contributed by atoms with Gasteiger partial charge in [0, 0.05) is 49.4 Å². The molecule has 55 heavy (non-hydrogen) atoms. The number of imide groups is 1. The van der Waals surface area contributed by atoms with E-state index in [1.165, 1.54) is 4.57 Å². The lowest BCUT2D eigenvalue weighted by atomic mass is 9.93. The van der Waals surface area contributed by atoms with Crippen molar-refractivity contribution in [1.82, 2.24) is 34.3 Å². The van der Waals surface area contributed by atoms with Crippen LogP contribution in [-0.2, 0) is 23.7 Å². The molecule has 1 atom stereocenters. The fraction of sp³-hybridized carbons (Fsp3) is 0.214. The lowest BCUT2D eigenvalue weighted by Gasteiger charge is -2.21. The molecule has 1 aliphatic heterocycles. The summed E-state index contributed by atoms with van der Waals surface area (Å²) in [5.74, 6) is 4.04. The molecule has 0 spiro atoms. The van der Waals surface area contributed by atoms with Gasteiger partial charge < -0.3 is 9.73 Å². The number of imidazole rings is 1. The first-order valence-electron chi connectivity index (χ1n) is 17.8. The van der Waals surface area contributed by atoms with Gasteiger partial charge in [-0.15, -0.1) is 0 Å². The molecule has 3 aromatic carbocycles. The Morgan fingerprint density at radius 3 is 2.55 bits per heavy atom. The molecular formula is C42H35N7O6. The van der Waals surface area contributed by atoms with Crippen LogP contribution in [0.4, 0.5) is 0 Å². The Bertz CT molecular complexity index is 2920. The number of aromatic nitrogens is 5. The first-order valence-corrected chi connectivity index (χ1v) is 17.8. The quantitative estimate of drug-likeness (QED) is 0.179. The summed E-state index contributed by atoms with van der Waals surface area (Å²) >= 11 is 0. The summed E-state index contributed by atoms with van der Waals surface area (Å²) in [5, 5.41) is 6.97. The average Bonchev–Trinajstić information content (AvgIpc) is 3.62. The molecule has 1 fully saturated rings. The number of oxazole rings is 1. The lowest BCUT2D eigenvalue weighted by molar-refractivity contribution is -0.135. The second kappa shape index (κ2) is 13.7. The molecule has 5 heterocycles. The van der Waals surface area contributed by atoms with Crippen LogP contribution in [-0.4, -0.2) is 47.9 Å². The van der Waals surface area contributed by atoms with Crippen molar-refractivity contribution in [2.45, 2.75) is 38.6 Å². The monoisotopic (exact) mass is 733 g/mol. The summed E-state index contributed by atoms with van der Waals surface area (Å²) in [6.45, 7) is 4.29. The summed E-state index contributed by atoms with van der Waals surface area (Å²) in [6, 6.07) is 19.8. The zero-order valence-electron chi connectivity index (χ0n) is 30.5. The van der Waals surface area contributed by atoms with Gasteiger partial charge in [-0.05, 0) is 82.9 Å². The van der Waals surface area contributed by atoms with Gasteiger partial charge in [-0.2, -0.15) is 0 Å². The van der Waals surface area contributed by atoms with Crippen LogP contribution >= 0.6 is 0 Å². The number of piperidine rings is 1. The zero-order valence-corrected chi connectivity index (χ0v) is 30.5. The molecule has 13 nitrogen and oxygen atoms in total. The summed E-state index contributed by atoms with van der Waals surface area (Å²) < 4.78 is 9.95. The summed E-state index contributed by atoms with van der Waals surface area (Å²) in [6.07, 6.45) is 3.76. The van der Waals surface area contributed by atoms with Crippen molar-refractivity contribution in [3.05, 3.63) is 117 Å². The molecule has 8 rings (SSSR count). The van der Waals surface area contributed by atoms with E-state index in [4.69, 9.17) is 9.40 Å². The van der Waals surface area contributed by atoms with Crippen LogP contribution in [0.5, 0.6) is 0 Å². The topological polar surface area (TPSA) is 163 Å². The number of rotatable bonds is 6. The van der Waals surface area contributed by atoms with E-state index < -0.39 is 23.6 Å². The number of nitrogens with one attached hydrogen (secondary N) is 2. The Balaban J connectivity index is 0.974. The molecule has 274 valence electrons. The molecule has 0 aliphatic carbocycles. The van der Waals surface area contributed by atoms with Gasteiger partial charge in [0.1, 0.15) is 11.7 Å². The predicted molar refractivity (Wildman–Crippen MR) is 207 cm³/mol. The van der Waals surface area contributed by atoms with Crippen molar-refractivity contribution in [2.75, 3.05) is 6.54 Å². The molecule has 1 saturated heterocycles. The maximum Gasteiger partial charge on any atom is 0.420 e. The molecule has 1 aliphatic rings. The SMILES string of the molecule is CC(C)c1cc(-c2cccc3cc(-c4ccc(C(=O)NCC#Cc5ccc6oc(=O)n(C7CCC(=O)NC7=O)c6c5)nc4)ncc23)cc2c1n(C)c(=O)n2C. The first kappa shape index (κ1) is 35.0. The summed E-state index contributed by atoms with van der Waals surface area (Å²) in [5.41, 5.74) is 7.78. The molecule has 4 aromatic heterocycles. The third-order valence-corrected chi connectivity index (χ3v) is 10.1. The Morgan fingerprint density at radius 2 is 1.78 bits per heavy atom. The van der Waals surface area contributed by atoms with Gasteiger partial charge in [0.2, 0.25) is 11.8 Å². The van der Waals surface area contributed by atoms with Crippen molar-refractivity contribution in [1.29, 1.82) is 0 Å². The van der Waals surface area contributed by atoms with Crippen LogP contribution in [0.1, 0.15) is 60.3 Å². The fourth-order valence-electron chi connectivity index (χ4n) is 7.24. The van der Waals surface area contributed by atoms with Crippen molar-refractivity contribution in [2.24, 2.45) is 14.1 Å². The number of carbonyl (C=O) groups is 3. The number of amides is 3. The van der Waals surface area contributed by atoms with Gasteiger partial charge in [-0.1, -0.05) is 43.9 Å². The number of fused-ring (bicyclic) bond motifs is 3. The fourth-order valence-corrected chi connectivity index (χ4v) is 7.24. The molecule has 3 amide bonds. The van der Waals surface area contributed by atoms with Crippen LogP contribution in [0.25, 0.3) is 55.3 Å². The molecule has 13 heteroatoms. The summed E-state index contributed by atoms with van der Waals surface area (Å²) in [7, 11) is 3.61. The number of nitrogens with zero attached hydrogens (tertiary/aromatic N) is 5.